The summed E-state index contributed by atoms with van der Waals surface area (Å²) >= 11 is 0. The minimum absolute atomic E-state index is 0.101. The molecule has 1 unspecified atom stereocenters. The number of carbonyl (C=O) groups excluding carboxylic acids is 1. The van der Waals surface area contributed by atoms with Gasteiger partial charge in [0.1, 0.15) is 23.0 Å². The van der Waals surface area contributed by atoms with Gasteiger partial charge in [0.15, 0.2) is 11.5 Å². The van der Waals surface area contributed by atoms with Crippen molar-refractivity contribution in [3.63, 3.8) is 0 Å². The summed E-state index contributed by atoms with van der Waals surface area (Å²) in [6.45, 7) is 7.61. The zero-order valence-electron chi connectivity index (χ0n) is 20.5. The first-order valence-electron chi connectivity index (χ1n) is 11.3. The van der Waals surface area contributed by atoms with E-state index < -0.39 is 34.3 Å². The third-order valence-corrected chi connectivity index (χ3v) is 6.60. The molecule has 3 aromatic heterocycles. The molecule has 0 aliphatic heterocycles. The highest BCUT2D eigenvalue weighted by molar-refractivity contribution is 5.95. The Kier molecular flexibility index (Phi) is 5.58. The molecule has 0 bridgehead atoms. The average molecular weight is 506 g/mol. The van der Waals surface area contributed by atoms with Crippen molar-refractivity contribution in [1.29, 1.82) is 0 Å². The zero-order valence-corrected chi connectivity index (χ0v) is 20.5. The van der Waals surface area contributed by atoms with Crippen molar-refractivity contribution in [3.05, 3.63) is 89.2 Å². The number of allylic oxidation sites excluding steroid dienone is 1. The molecule has 0 radical (unpaired) electrons. The summed E-state index contributed by atoms with van der Waals surface area (Å²) in [5, 5.41) is 20.2. The number of fused-ring (bicyclic) bond motifs is 2. The van der Waals surface area contributed by atoms with Gasteiger partial charge >= 0.3 is 0 Å². The predicted molar refractivity (Wildman–Crippen MR) is 131 cm³/mol. The van der Waals surface area contributed by atoms with Crippen molar-refractivity contribution < 1.29 is 18.0 Å². The molecule has 2 aromatic carbocycles. The number of halogens is 3. The predicted octanol–water partition coefficient (Wildman–Crippen LogP) is 4.34. The largest absolute Gasteiger partial charge is 0.355 e. The van der Waals surface area contributed by atoms with Gasteiger partial charge in [0, 0.05) is 42.9 Å². The fourth-order valence-corrected chi connectivity index (χ4v) is 4.41. The first-order valence-corrected chi connectivity index (χ1v) is 11.3. The number of aryl methyl sites for hydroxylation is 1. The van der Waals surface area contributed by atoms with E-state index in [0.29, 0.717) is 22.3 Å². The molecule has 3 heterocycles. The van der Waals surface area contributed by atoms with Gasteiger partial charge in [-0.1, -0.05) is 12.2 Å². The standard InChI is InChI=1S/C26H22F3N7O/c1-13(2)26(3,16-8-15-12-35(5)33-21(15)11-17(16)27)25-32-31-22-7-6-20(34-36(22)25)14-9-18(28)23(19(29)10-14)24(37)30-4/h6-12H,1H2,2-5H3,(H,30,37). The van der Waals surface area contributed by atoms with Crippen LogP contribution in [0.3, 0.4) is 0 Å². The number of aromatic nitrogens is 6. The molecule has 0 saturated carbocycles. The normalized spacial score (nSPS) is 13.2. The molecule has 188 valence electrons. The summed E-state index contributed by atoms with van der Waals surface area (Å²) in [6.07, 6.45) is 1.78. The molecule has 8 nitrogen and oxygen atoms in total. The van der Waals surface area contributed by atoms with Crippen molar-refractivity contribution >= 4 is 22.5 Å². The highest BCUT2D eigenvalue weighted by atomic mass is 19.1. The lowest BCUT2D eigenvalue weighted by molar-refractivity contribution is 0.0954. The second-order valence-corrected chi connectivity index (χ2v) is 9.01. The Bertz CT molecular complexity index is 1720. The maximum Gasteiger partial charge on any atom is 0.256 e. The number of nitrogens with one attached hydrogen (secondary N) is 1. The fourth-order valence-electron chi connectivity index (χ4n) is 4.41. The maximum atomic E-state index is 15.5. The molecule has 0 aliphatic carbocycles. The van der Waals surface area contributed by atoms with Gasteiger partial charge in [0.05, 0.1) is 16.6 Å². The number of amides is 1. The van der Waals surface area contributed by atoms with Crippen molar-refractivity contribution in [2.24, 2.45) is 7.05 Å². The zero-order chi connectivity index (χ0) is 26.6. The summed E-state index contributed by atoms with van der Waals surface area (Å²) < 4.78 is 47.7. The molecule has 5 aromatic rings. The Balaban J connectivity index is 1.70. The molecule has 0 aliphatic rings. The molecule has 0 saturated heterocycles. The molecule has 0 spiro atoms. The molecule has 1 amide bonds. The van der Waals surface area contributed by atoms with E-state index in [4.69, 9.17) is 0 Å². The lowest BCUT2D eigenvalue weighted by Crippen LogP contribution is -2.29. The Morgan fingerprint density at radius 2 is 1.73 bits per heavy atom. The van der Waals surface area contributed by atoms with E-state index in [0.717, 1.165) is 17.5 Å². The molecule has 0 fully saturated rings. The van der Waals surface area contributed by atoms with Gasteiger partial charge in [-0.05, 0) is 44.2 Å². The molecule has 11 heteroatoms. The number of nitrogens with zero attached hydrogens (tertiary/aromatic N) is 6. The summed E-state index contributed by atoms with van der Waals surface area (Å²) in [7, 11) is 3.03. The van der Waals surface area contributed by atoms with E-state index in [1.165, 1.54) is 23.7 Å². The van der Waals surface area contributed by atoms with Gasteiger partial charge in [-0.15, -0.1) is 10.2 Å². The van der Waals surface area contributed by atoms with Crippen LogP contribution >= 0.6 is 0 Å². The van der Waals surface area contributed by atoms with Crippen LogP contribution in [0.5, 0.6) is 0 Å². The molecule has 1 N–H and O–H groups in total. The van der Waals surface area contributed by atoms with E-state index in [9.17, 15) is 13.6 Å². The van der Waals surface area contributed by atoms with Crippen molar-refractivity contribution in [2.75, 3.05) is 7.05 Å². The Morgan fingerprint density at radius 1 is 1.03 bits per heavy atom. The van der Waals surface area contributed by atoms with Gasteiger partial charge in [0.25, 0.3) is 5.91 Å². The minimum Gasteiger partial charge on any atom is -0.355 e. The van der Waals surface area contributed by atoms with Crippen LogP contribution in [0.25, 0.3) is 27.8 Å². The lowest BCUT2D eigenvalue weighted by atomic mass is 9.75. The number of hydrogen-bond acceptors (Lipinski definition) is 5. The monoisotopic (exact) mass is 505 g/mol. The van der Waals surface area contributed by atoms with Crippen LogP contribution in [0, 0.1) is 17.5 Å². The van der Waals surface area contributed by atoms with Crippen molar-refractivity contribution in [3.8, 4) is 11.3 Å². The van der Waals surface area contributed by atoms with Crippen LogP contribution in [0.4, 0.5) is 13.2 Å². The Hall–Kier alpha value is -4.54. The molecule has 5 rings (SSSR count). The summed E-state index contributed by atoms with van der Waals surface area (Å²) in [6, 6.07) is 8.22. The number of rotatable bonds is 5. The summed E-state index contributed by atoms with van der Waals surface area (Å²) in [5.74, 6) is -3.17. The SMILES string of the molecule is C=C(C)C(C)(c1cc2cn(C)nc2cc1F)c1nnc2ccc(-c3cc(F)c(C(=O)NC)c(F)c3)nn12. The molecular weight excluding hydrogens is 483 g/mol. The third-order valence-electron chi connectivity index (χ3n) is 6.60. The topological polar surface area (TPSA) is 90.0 Å². The van der Waals surface area contributed by atoms with Crippen molar-refractivity contribution in [2.45, 2.75) is 19.3 Å². The van der Waals surface area contributed by atoms with Gasteiger partial charge in [-0.25, -0.2) is 13.2 Å². The van der Waals surface area contributed by atoms with Crippen LogP contribution in [0.2, 0.25) is 0 Å². The van der Waals surface area contributed by atoms with Crippen LogP contribution in [0.1, 0.15) is 35.6 Å². The van der Waals surface area contributed by atoms with Crippen LogP contribution < -0.4 is 5.32 Å². The van der Waals surface area contributed by atoms with E-state index in [2.05, 4.69) is 32.3 Å². The van der Waals surface area contributed by atoms with Crippen molar-refractivity contribution in [1.82, 2.24) is 34.9 Å². The van der Waals surface area contributed by atoms with E-state index >= 15 is 4.39 Å². The maximum absolute atomic E-state index is 15.5. The molecule has 37 heavy (non-hydrogen) atoms. The summed E-state index contributed by atoms with van der Waals surface area (Å²) in [4.78, 5) is 11.8. The number of hydrogen-bond donors (Lipinski definition) is 1. The quantitative estimate of drug-likeness (QED) is 0.359. The van der Waals surface area contributed by atoms with Gasteiger partial charge in [-0.3, -0.25) is 9.48 Å². The van der Waals surface area contributed by atoms with E-state index in [1.807, 2.05) is 0 Å². The average Bonchev–Trinajstić information content (AvgIpc) is 3.44. The van der Waals surface area contributed by atoms with E-state index in [-0.39, 0.29) is 17.1 Å². The highest BCUT2D eigenvalue weighted by Crippen LogP contribution is 2.40. The molecule has 1 atom stereocenters. The van der Waals surface area contributed by atoms with Gasteiger partial charge < -0.3 is 5.32 Å². The summed E-state index contributed by atoms with van der Waals surface area (Å²) in [5.41, 5.74) is 0.163. The molecular formula is C26H22F3N7O. The lowest BCUT2D eigenvalue weighted by Gasteiger charge is -2.29. The van der Waals surface area contributed by atoms with Crippen LogP contribution in [-0.4, -0.2) is 42.5 Å². The van der Waals surface area contributed by atoms with Crippen LogP contribution in [0.15, 0.2) is 54.7 Å². The van der Waals surface area contributed by atoms with Gasteiger partial charge in [0.2, 0.25) is 0 Å². The number of carbonyl (C=O) groups is 1. The fraction of sp³-hybridized carbons (Fsp3) is 0.192. The minimum atomic E-state index is -1.17. The number of benzene rings is 2. The second kappa shape index (κ2) is 8.54. The van der Waals surface area contributed by atoms with Crippen LogP contribution in [-0.2, 0) is 12.5 Å². The Labute approximate surface area is 209 Å². The first-order chi connectivity index (χ1) is 17.5. The first kappa shape index (κ1) is 24.2. The third kappa shape index (κ3) is 3.74. The second-order valence-electron chi connectivity index (χ2n) is 9.01. The van der Waals surface area contributed by atoms with E-state index in [1.54, 1.807) is 43.9 Å². The van der Waals surface area contributed by atoms with Gasteiger partial charge in [-0.2, -0.15) is 14.7 Å². The smallest absolute Gasteiger partial charge is 0.256 e. The Morgan fingerprint density at radius 3 is 2.38 bits per heavy atom. The highest BCUT2D eigenvalue weighted by Gasteiger charge is 2.38.